The number of thiol groups is 1. The lowest BCUT2D eigenvalue weighted by molar-refractivity contribution is 0.339. The number of aryl methyl sites for hydroxylation is 1. The maximum absolute atomic E-state index is 11.8. The van der Waals surface area contributed by atoms with Crippen LogP contribution in [0.2, 0.25) is 0 Å². The summed E-state index contributed by atoms with van der Waals surface area (Å²) in [5.41, 5.74) is 0.708. The van der Waals surface area contributed by atoms with Crippen molar-refractivity contribution in [2.45, 2.75) is 24.2 Å². The quantitative estimate of drug-likeness (QED) is 0.272. The summed E-state index contributed by atoms with van der Waals surface area (Å²) >= 11 is 4.12. The first kappa shape index (κ1) is 17.9. The van der Waals surface area contributed by atoms with Crippen molar-refractivity contribution in [2.24, 2.45) is 0 Å². The second kappa shape index (κ2) is 6.21. The number of hydrogen-bond acceptors (Lipinski definition) is 4. The van der Waals surface area contributed by atoms with E-state index in [1.807, 2.05) is 0 Å². The summed E-state index contributed by atoms with van der Waals surface area (Å²) in [4.78, 5) is 39.4. The minimum Gasteiger partial charge on any atom is -0.323 e. The molecule has 0 saturated heterocycles. The normalized spacial score (nSPS) is 16.8. The van der Waals surface area contributed by atoms with Crippen LogP contribution in [0.15, 0.2) is 12.4 Å². The Morgan fingerprint density at radius 2 is 1.68 bits per heavy atom. The maximum Gasteiger partial charge on any atom is 0.351 e. The molecule has 0 aliphatic heterocycles. The van der Waals surface area contributed by atoms with Crippen molar-refractivity contribution in [3.8, 4) is 0 Å². The monoisotopic (exact) mass is 365 g/mol. The molecule has 1 aromatic rings. The highest BCUT2D eigenvalue weighted by Crippen LogP contribution is 2.71. The Morgan fingerprint density at radius 1 is 1.05 bits per heavy atom. The van der Waals surface area contributed by atoms with Crippen LogP contribution >= 0.6 is 27.8 Å². The first-order chi connectivity index (χ1) is 10.1. The Morgan fingerprint density at radius 3 is 2.23 bits per heavy atom. The van der Waals surface area contributed by atoms with Crippen LogP contribution < -0.4 is 10.4 Å². The molecule has 1 aromatic heterocycles. The minimum atomic E-state index is -5.11. The van der Waals surface area contributed by atoms with Crippen molar-refractivity contribution >= 4 is 40.0 Å². The van der Waals surface area contributed by atoms with Crippen LogP contribution in [0.4, 0.5) is 0 Å². The zero-order chi connectivity index (χ0) is 16.6. The molecule has 1 heterocycles. The Balaban J connectivity index is 2.62. The van der Waals surface area contributed by atoms with Gasteiger partial charge in [0.1, 0.15) is 0 Å². The van der Waals surface area contributed by atoms with Crippen molar-refractivity contribution in [2.75, 3.05) is 5.75 Å². The van der Waals surface area contributed by atoms with Crippen LogP contribution in [0.3, 0.4) is 0 Å². The van der Waals surface area contributed by atoms with E-state index >= 15 is 0 Å². The number of hydrogen-bond donors (Lipinski definition) is 5. The highest BCUT2D eigenvalue weighted by molar-refractivity contribution is 7.80. The molecule has 0 aromatic carbocycles. The number of rotatable bonds is 6. The van der Waals surface area contributed by atoms with Crippen molar-refractivity contribution in [1.82, 2.24) is 4.98 Å². The van der Waals surface area contributed by atoms with Crippen LogP contribution in [0.1, 0.15) is 18.4 Å². The van der Waals surface area contributed by atoms with E-state index < -0.39 is 20.1 Å². The number of nitrogens with zero attached hydrogens (tertiary/aromatic N) is 1. The SMILES string of the molecule is O=P(O)(O)C1(P(=O)(O)O)C=c2cncc(CCCCS)c2=C1. The molecule has 0 amide bonds. The first-order valence-electron chi connectivity index (χ1n) is 6.53. The Hall–Kier alpha value is -0.460. The Labute approximate surface area is 132 Å². The van der Waals surface area contributed by atoms with Gasteiger partial charge in [-0.3, -0.25) is 14.1 Å². The van der Waals surface area contributed by atoms with Gasteiger partial charge in [0.2, 0.25) is 4.90 Å². The fourth-order valence-corrected chi connectivity index (χ4v) is 5.23. The van der Waals surface area contributed by atoms with Crippen molar-refractivity contribution in [3.05, 3.63) is 28.4 Å². The fourth-order valence-electron chi connectivity index (χ4n) is 2.44. The Kier molecular flexibility index (Phi) is 5.05. The van der Waals surface area contributed by atoms with E-state index in [0.717, 1.165) is 25.0 Å². The van der Waals surface area contributed by atoms with Crippen molar-refractivity contribution in [3.63, 3.8) is 0 Å². The van der Waals surface area contributed by atoms with E-state index in [9.17, 15) is 28.7 Å². The summed E-state index contributed by atoms with van der Waals surface area (Å²) in [6.45, 7) is 0. The van der Waals surface area contributed by atoms with E-state index in [2.05, 4.69) is 17.6 Å². The van der Waals surface area contributed by atoms with Gasteiger partial charge in [-0.1, -0.05) is 0 Å². The van der Waals surface area contributed by atoms with Crippen LogP contribution in [-0.2, 0) is 15.6 Å². The van der Waals surface area contributed by atoms with Gasteiger partial charge in [-0.15, -0.1) is 0 Å². The van der Waals surface area contributed by atoms with Crippen LogP contribution in [0.25, 0.3) is 12.2 Å². The number of aromatic nitrogens is 1. The third kappa shape index (κ3) is 3.10. The lowest BCUT2D eigenvalue weighted by atomic mass is 10.1. The lowest BCUT2D eigenvalue weighted by Crippen LogP contribution is -2.26. The maximum atomic E-state index is 11.8. The Bertz CT molecular complexity index is 761. The fraction of sp³-hybridized carbons (Fsp3) is 0.417. The van der Waals surface area contributed by atoms with Gasteiger partial charge < -0.3 is 19.6 Å². The predicted molar refractivity (Wildman–Crippen MR) is 86.0 cm³/mol. The van der Waals surface area contributed by atoms with E-state index in [-0.39, 0.29) is 0 Å². The van der Waals surface area contributed by atoms with Gasteiger partial charge in [-0.05, 0) is 53.2 Å². The molecule has 0 radical (unpaired) electrons. The zero-order valence-corrected chi connectivity index (χ0v) is 14.2. The predicted octanol–water partition coefficient (Wildman–Crippen LogP) is -0.0396. The van der Waals surface area contributed by atoms with E-state index in [4.69, 9.17) is 0 Å². The van der Waals surface area contributed by atoms with E-state index in [1.165, 1.54) is 6.20 Å². The van der Waals surface area contributed by atoms with Crippen LogP contribution in [0, 0.1) is 0 Å². The third-order valence-electron chi connectivity index (χ3n) is 3.61. The molecular weight excluding hydrogens is 348 g/mol. The second-order valence-electron chi connectivity index (χ2n) is 5.14. The van der Waals surface area contributed by atoms with E-state index in [1.54, 1.807) is 6.20 Å². The largest absolute Gasteiger partial charge is 0.351 e. The van der Waals surface area contributed by atoms with Crippen LogP contribution in [-0.4, -0.2) is 35.2 Å². The molecule has 0 spiro atoms. The molecule has 0 unspecified atom stereocenters. The molecule has 0 atom stereocenters. The standard InChI is InChI=1S/C12H17NO6P2S/c14-20(15,16)12(21(17,18)19)5-10-8-13-7-9(11(10)6-12)3-1-2-4-22/h5-8,22H,1-4H2,(H2,14,15,16)(H2,17,18,19). The summed E-state index contributed by atoms with van der Waals surface area (Å²) in [5, 5.41) is 0.760. The molecule has 22 heavy (non-hydrogen) atoms. The lowest BCUT2D eigenvalue weighted by Gasteiger charge is -2.26. The summed E-state index contributed by atoms with van der Waals surface area (Å²) in [5.74, 6) is 0.715. The average Bonchev–Trinajstić information content (AvgIpc) is 2.80. The molecule has 0 fully saturated rings. The average molecular weight is 365 g/mol. The molecule has 4 N–H and O–H groups in total. The molecule has 0 bridgehead atoms. The molecule has 1 aliphatic carbocycles. The summed E-state index contributed by atoms with van der Waals surface area (Å²) in [6, 6.07) is 0. The van der Waals surface area contributed by atoms with Gasteiger partial charge in [-0.2, -0.15) is 12.6 Å². The molecule has 1 aliphatic rings. The smallest absolute Gasteiger partial charge is 0.323 e. The van der Waals surface area contributed by atoms with Gasteiger partial charge in [-0.25, -0.2) is 0 Å². The number of pyridine rings is 1. The van der Waals surface area contributed by atoms with Gasteiger partial charge in [0.05, 0.1) is 0 Å². The minimum absolute atomic E-state index is 0.329. The summed E-state index contributed by atoms with van der Waals surface area (Å²) < 4.78 is 23.5. The third-order valence-corrected chi connectivity index (χ3v) is 7.88. The van der Waals surface area contributed by atoms with Gasteiger partial charge in [0, 0.05) is 12.4 Å². The molecule has 0 saturated carbocycles. The molecule has 10 heteroatoms. The van der Waals surface area contributed by atoms with Crippen LogP contribution in [0.5, 0.6) is 0 Å². The molecule has 2 rings (SSSR count). The highest BCUT2D eigenvalue weighted by Gasteiger charge is 2.58. The summed E-state index contributed by atoms with van der Waals surface area (Å²) in [7, 11) is -10.2. The van der Waals surface area contributed by atoms with Gasteiger partial charge >= 0.3 is 15.2 Å². The van der Waals surface area contributed by atoms with Crippen molar-refractivity contribution in [1.29, 1.82) is 0 Å². The number of unbranched alkanes of at least 4 members (excludes halogenated alkanes) is 1. The second-order valence-corrected chi connectivity index (χ2v) is 9.60. The first-order valence-corrected chi connectivity index (χ1v) is 10.4. The summed E-state index contributed by atoms with van der Waals surface area (Å²) in [6.07, 6.45) is 7.10. The van der Waals surface area contributed by atoms with E-state index in [0.29, 0.717) is 28.2 Å². The number of fused-ring (bicyclic) bond motifs is 1. The van der Waals surface area contributed by atoms with Gasteiger partial charge in [0.25, 0.3) is 0 Å². The molecular formula is C12H17NO6P2S. The molecule has 7 nitrogen and oxygen atoms in total. The van der Waals surface area contributed by atoms with Gasteiger partial charge in [0.15, 0.2) is 0 Å². The zero-order valence-electron chi connectivity index (χ0n) is 11.5. The van der Waals surface area contributed by atoms with Crippen molar-refractivity contribution < 1.29 is 28.7 Å². The highest BCUT2D eigenvalue weighted by atomic mass is 32.1. The molecule has 122 valence electrons. The topological polar surface area (TPSA) is 128 Å².